The Bertz CT molecular complexity index is 2130. The van der Waals surface area contributed by atoms with Crippen LogP contribution in [0.4, 0.5) is 0 Å². The minimum Gasteiger partial charge on any atom is -0.506 e. The lowest BCUT2D eigenvalue weighted by Crippen LogP contribution is -2.73. The number of carbonyl (C=O) groups is 6. The molecule has 18 heteroatoms. The van der Waals surface area contributed by atoms with E-state index in [2.05, 4.69) is 5.32 Å². The van der Waals surface area contributed by atoms with Gasteiger partial charge >= 0.3 is 11.9 Å². The summed E-state index contributed by atoms with van der Waals surface area (Å²) in [6, 6.07) is 2.22. The van der Waals surface area contributed by atoms with Gasteiger partial charge in [-0.3, -0.25) is 19.2 Å². The van der Waals surface area contributed by atoms with Crippen LogP contribution in [0.25, 0.3) is 0 Å². The van der Waals surface area contributed by atoms with Crippen LogP contribution in [0.1, 0.15) is 95.2 Å². The third kappa shape index (κ3) is 6.21. The number of esters is 2. The lowest BCUT2D eigenvalue weighted by molar-refractivity contribution is -0.236. The van der Waals surface area contributed by atoms with E-state index in [1.165, 1.54) is 27.2 Å². The first-order valence-corrected chi connectivity index (χ1v) is 18.5. The van der Waals surface area contributed by atoms with E-state index in [0.717, 1.165) is 26.4 Å². The van der Waals surface area contributed by atoms with Crippen LogP contribution < -0.4 is 10.1 Å². The average molecular weight is 812 g/mol. The number of aromatic hydroxyl groups is 1. The molecule has 5 N–H and O–H groups in total. The molecule has 4 aliphatic rings. The van der Waals surface area contributed by atoms with Crippen molar-refractivity contribution in [1.29, 1.82) is 0 Å². The summed E-state index contributed by atoms with van der Waals surface area (Å²) in [5, 5.41) is 50.0. The number of aliphatic hydroxyl groups excluding tert-OH is 2. The number of fused-ring (bicyclic) bond motifs is 5. The number of unbranched alkanes of at least 4 members (excludes halogenated alkanes) is 1. The number of phenolic OH excluding ortho intramolecular Hbond substituents is 1. The topological polar surface area (TPSA) is 260 Å². The van der Waals surface area contributed by atoms with Gasteiger partial charge in [0.05, 0.1) is 42.7 Å². The number of Topliss-reactive ketones (excluding diaryl/α,β-unsaturated/α-hetero) is 3. The summed E-state index contributed by atoms with van der Waals surface area (Å²) in [6.07, 6.45) is -5.47. The average Bonchev–Trinajstić information content (AvgIpc) is 3.17. The van der Waals surface area contributed by atoms with E-state index in [1.807, 2.05) is 6.92 Å². The lowest BCUT2D eigenvalue weighted by Gasteiger charge is -2.53. The van der Waals surface area contributed by atoms with Crippen molar-refractivity contribution in [2.75, 3.05) is 41.7 Å². The second kappa shape index (κ2) is 15.9. The van der Waals surface area contributed by atoms with Crippen LogP contribution >= 0.6 is 0 Å². The van der Waals surface area contributed by atoms with E-state index >= 15 is 4.79 Å². The summed E-state index contributed by atoms with van der Waals surface area (Å²) in [5.74, 6) is -8.23. The Balaban J connectivity index is 1.51. The summed E-state index contributed by atoms with van der Waals surface area (Å²) < 4.78 is 38.3. The highest BCUT2D eigenvalue weighted by Gasteiger charge is 2.73. The third-order valence-electron chi connectivity index (χ3n) is 11.2. The van der Waals surface area contributed by atoms with Gasteiger partial charge in [0.2, 0.25) is 17.3 Å². The van der Waals surface area contributed by atoms with Crippen molar-refractivity contribution in [3.05, 3.63) is 68.4 Å². The predicted octanol–water partition coefficient (Wildman–Crippen LogP) is 0.767. The maximum atomic E-state index is 15.1. The molecule has 0 unspecified atom stereocenters. The zero-order valence-corrected chi connectivity index (χ0v) is 32.8. The van der Waals surface area contributed by atoms with Crippen molar-refractivity contribution in [2.45, 2.75) is 88.0 Å². The standard InChI is InChI=1S/C40H45NO17/c1-8-9-10-56-24(44)15-57-33-25(38(50)54-6)16(2)11-18-12-23(43)40(55-7)36(49)27-20(35(48)39(40,51)28(18)33)13-19-26(30(27)46)22(42)14-21(29(19)45)41-37-34(53-5)31(47)32(52-4)17(3)58-37/h11,13-14,17,23,31-32,34,37,41,43,46-47,51H,8-10,12,15H2,1-7H3/t17-,23+,31+,32-,34+,37-,39-,40+/m0/s1. The van der Waals surface area contributed by atoms with Crippen LogP contribution in [0, 0.1) is 6.92 Å². The molecule has 0 aromatic heterocycles. The van der Waals surface area contributed by atoms with E-state index in [1.54, 1.807) is 6.92 Å². The molecule has 0 amide bonds. The quantitative estimate of drug-likeness (QED) is 0.146. The van der Waals surface area contributed by atoms with E-state index in [-0.39, 0.29) is 23.3 Å². The van der Waals surface area contributed by atoms with Gasteiger partial charge in [0, 0.05) is 50.5 Å². The van der Waals surface area contributed by atoms with Crippen LogP contribution in [-0.2, 0) is 45.2 Å². The second-order valence-corrected chi connectivity index (χ2v) is 14.4. The van der Waals surface area contributed by atoms with Gasteiger partial charge in [0.1, 0.15) is 35.4 Å². The number of phenols is 1. The van der Waals surface area contributed by atoms with Crippen LogP contribution in [0.3, 0.4) is 0 Å². The minimum atomic E-state index is -3.28. The minimum absolute atomic E-state index is 0.0157. The Hall–Kier alpha value is -5.08. The summed E-state index contributed by atoms with van der Waals surface area (Å²) in [6.45, 7) is 4.20. The van der Waals surface area contributed by atoms with Crippen molar-refractivity contribution >= 4 is 35.1 Å². The molecule has 312 valence electrons. The van der Waals surface area contributed by atoms with E-state index in [4.69, 9.17) is 33.2 Å². The second-order valence-electron chi connectivity index (χ2n) is 14.4. The fourth-order valence-corrected chi connectivity index (χ4v) is 8.47. The van der Waals surface area contributed by atoms with Crippen molar-refractivity contribution in [3.8, 4) is 11.5 Å². The van der Waals surface area contributed by atoms with Crippen LogP contribution in [-0.4, -0.2) is 139 Å². The molecule has 2 aromatic carbocycles. The SMILES string of the molecule is CCCCOC(=O)COc1c(C(=O)OC)c(C)cc2c1[C@]1(O)C(=O)c3cc4c(c(O)c3C(=O)[C@]1(OC)[C@H](O)C2)C(=O)C=C(N[C@H]1O[C@@H](C)[C@H](OC)[C@@H](O)[C@H]1OC)C4=O. The highest BCUT2D eigenvalue weighted by atomic mass is 16.6. The molecular weight excluding hydrogens is 766 g/mol. The number of allylic oxidation sites excluding steroid dienone is 2. The molecule has 2 aromatic rings. The summed E-state index contributed by atoms with van der Waals surface area (Å²) in [4.78, 5) is 83.7. The fourth-order valence-electron chi connectivity index (χ4n) is 8.47. The smallest absolute Gasteiger partial charge is 0.344 e. The number of methoxy groups -OCH3 is 4. The number of aryl methyl sites for hydroxylation is 1. The van der Waals surface area contributed by atoms with Gasteiger partial charge in [-0.2, -0.15) is 0 Å². The summed E-state index contributed by atoms with van der Waals surface area (Å²) in [7, 11) is 4.64. The Kier molecular flexibility index (Phi) is 11.7. The van der Waals surface area contributed by atoms with Crippen LogP contribution in [0.15, 0.2) is 23.9 Å². The van der Waals surface area contributed by atoms with Crippen molar-refractivity contribution in [3.63, 3.8) is 0 Å². The number of benzene rings is 2. The number of carbonyl (C=O) groups excluding carboxylic acids is 6. The van der Waals surface area contributed by atoms with Crippen molar-refractivity contribution in [1.82, 2.24) is 5.32 Å². The van der Waals surface area contributed by atoms with Crippen molar-refractivity contribution < 1.29 is 82.4 Å². The molecule has 1 saturated heterocycles. The molecule has 3 aliphatic carbocycles. The molecule has 8 atom stereocenters. The molecular formula is C40H45NO17. The van der Waals surface area contributed by atoms with Gasteiger partial charge in [-0.15, -0.1) is 0 Å². The molecule has 1 fully saturated rings. The first-order chi connectivity index (χ1) is 27.5. The lowest BCUT2D eigenvalue weighted by atomic mass is 9.56. The first kappa shape index (κ1) is 42.5. The Labute approximate surface area is 331 Å². The number of hydrogen-bond acceptors (Lipinski definition) is 18. The predicted molar refractivity (Wildman–Crippen MR) is 196 cm³/mol. The highest BCUT2D eigenvalue weighted by Crippen LogP contribution is 2.57. The molecule has 6 rings (SSSR count). The van der Waals surface area contributed by atoms with Gasteiger partial charge < -0.3 is 58.9 Å². The summed E-state index contributed by atoms with van der Waals surface area (Å²) >= 11 is 0. The molecule has 0 bridgehead atoms. The zero-order valence-electron chi connectivity index (χ0n) is 32.8. The zero-order chi connectivity index (χ0) is 42.6. The summed E-state index contributed by atoms with van der Waals surface area (Å²) in [5.41, 5.74) is -10.1. The van der Waals surface area contributed by atoms with Crippen LogP contribution in [0.2, 0.25) is 0 Å². The van der Waals surface area contributed by atoms with Gasteiger partial charge in [-0.25, -0.2) is 9.59 Å². The first-order valence-electron chi connectivity index (χ1n) is 18.5. The largest absolute Gasteiger partial charge is 0.506 e. The molecule has 0 saturated carbocycles. The van der Waals surface area contributed by atoms with Crippen molar-refractivity contribution in [2.24, 2.45) is 0 Å². The van der Waals surface area contributed by atoms with Crippen LogP contribution in [0.5, 0.6) is 11.5 Å². The number of rotatable bonds is 12. The Morgan fingerprint density at radius 3 is 2.29 bits per heavy atom. The van der Waals surface area contributed by atoms with E-state index < -0.39 is 141 Å². The van der Waals surface area contributed by atoms with Gasteiger partial charge in [-0.05, 0) is 37.5 Å². The third-order valence-corrected chi connectivity index (χ3v) is 11.2. The highest BCUT2D eigenvalue weighted by molar-refractivity contribution is 6.31. The number of aliphatic hydroxyl groups is 3. The van der Waals surface area contributed by atoms with Gasteiger partial charge in [-0.1, -0.05) is 19.4 Å². The molecule has 18 nitrogen and oxygen atoms in total. The number of hydrogen-bond donors (Lipinski definition) is 5. The molecule has 1 heterocycles. The number of nitrogens with one attached hydrogen (secondary N) is 1. The van der Waals surface area contributed by atoms with Gasteiger partial charge in [0.25, 0.3) is 0 Å². The molecule has 0 spiro atoms. The number of ketones is 4. The molecule has 58 heavy (non-hydrogen) atoms. The molecule has 0 radical (unpaired) electrons. The van der Waals surface area contributed by atoms with E-state index in [0.29, 0.717) is 12.8 Å². The van der Waals surface area contributed by atoms with Gasteiger partial charge in [0.15, 0.2) is 29.8 Å². The normalized spacial score (nSPS) is 28.8. The Morgan fingerprint density at radius 2 is 1.67 bits per heavy atom. The van der Waals surface area contributed by atoms with E-state index in [9.17, 15) is 44.4 Å². The number of ether oxygens (including phenoxy) is 7. The Morgan fingerprint density at radius 1 is 0.983 bits per heavy atom. The maximum absolute atomic E-state index is 15.1. The molecule has 1 aliphatic heterocycles. The monoisotopic (exact) mass is 811 g/mol. The maximum Gasteiger partial charge on any atom is 0.344 e. The fraction of sp³-hybridized carbons (Fsp3) is 0.500.